The van der Waals surface area contributed by atoms with Crippen LogP contribution in [0, 0.1) is 12.3 Å². The van der Waals surface area contributed by atoms with Gasteiger partial charge < -0.3 is 4.74 Å². The second kappa shape index (κ2) is 7.64. The molecule has 2 aromatic rings. The van der Waals surface area contributed by atoms with E-state index >= 15 is 0 Å². The summed E-state index contributed by atoms with van der Waals surface area (Å²) >= 11 is 6.99. The van der Waals surface area contributed by atoms with Gasteiger partial charge in [0.05, 0.1) is 10.9 Å². The topological polar surface area (TPSA) is 46.6 Å². The molecule has 1 fully saturated rings. The standard InChI is InChI=1S/C19H14ClNO3S/c1-2-10-24-16-8-6-13(7-9-16)11-17-18(22)21(19(23)25-17)15-5-3-4-14(20)12-15/h1,3-9,12,17H,10-11H2/t17-/m0/s1. The highest BCUT2D eigenvalue weighted by atomic mass is 35.5. The molecular formula is C19H14ClNO3S. The van der Waals surface area contributed by atoms with Crippen LogP contribution in [-0.4, -0.2) is 23.0 Å². The third-order valence-corrected chi connectivity index (χ3v) is 4.93. The van der Waals surface area contributed by atoms with Gasteiger partial charge in [-0.3, -0.25) is 9.59 Å². The fourth-order valence-corrected chi connectivity index (χ4v) is 3.71. The Labute approximate surface area is 155 Å². The number of hydrogen-bond donors (Lipinski definition) is 0. The first kappa shape index (κ1) is 17.4. The molecule has 0 aromatic heterocycles. The molecule has 0 saturated carbocycles. The van der Waals surface area contributed by atoms with Crippen molar-refractivity contribution >= 4 is 40.2 Å². The fourth-order valence-electron chi connectivity index (χ4n) is 2.50. The molecule has 2 aromatic carbocycles. The number of amides is 2. The lowest BCUT2D eigenvalue weighted by Gasteiger charge is -2.14. The van der Waals surface area contributed by atoms with Gasteiger partial charge in [0.2, 0.25) is 5.91 Å². The van der Waals surface area contributed by atoms with E-state index in [0.717, 1.165) is 17.3 Å². The molecule has 0 radical (unpaired) electrons. The SMILES string of the molecule is C#CCOc1ccc(C[C@@H]2SC(=O)N(c3cccc(Cl)c3)C2=O)cc1. The van der Waals surface area contributed by atoms with Gasteiger partial charge in [-0.2, -0.15) is 0 Å². The number of ether oxygens (including phenoxy) is 1. The maximum absolute atomic E-state index is 12.6. The van der Waals surface area contributed by atoms with E-state index in [9.17, 15) is 9.59 Å². The molecule has 0 aliphatic carbocycles. The molecule has 0 spiro atoms. The summed E-state index contributed by atoms with van der Waals surface area (Å²) in [6.45, 7) is 0.208. The first-order chi connectivity index (χ1) is 12.1. The minimum Gasteiger partial charge on any atom is -0.481 e. The normalized spacial score (nSPS) is 16.8. The van der Waals surface area contributed by atoms with Crippen molar-refractivity contribution in [3.8, 4) is 18.1 Å². The highest BCUT2D eigenvalue weighted by molar-refractivity contribution is 8.15. The van der Waals surface area contributed by atoms with E-state index in [1.807, 2.05) is 12.1 Å². The average Bonchev–Trinajstić information content (AvgIpc) is 2.88. The number of imide groups is 1. The lowest BCUT2D eigenvalue weighted by Crippen LogP contribution is -2.32. The Morgan fingerprint density at radius 1 is 1.20 bits per heavy atom. The van der Waals surface area contributed by atoms with Gasteiger partial charge in [-0.15, -0.1) is 6.42 Å². The van der Waals surface area contributed by atoms with Gasteiger partial charge in [0.1, 0.15) is 12.4 Å². The first-order valence-corrected chi connectivity index (χ1v) is 8.79. The van der Waals surface area contributed by atoms with E-state index in [-0.39, 0.29) is 17.8 Å². The van der Waals surface area contributed by atoms with Crippen molar-refractivity contribution in [1.29, 1.82) is 0 Å². The van der Waals surface area contributed by atoms with Crippen molar-refractivity contribution in [3.05, 3.63) is 59.1 Å². The molecule has 126 valence electrons. The largest absolute Gasteiger partial charge is 0.481 e. The third kappa shape index (κ3) is 3.98. The van der Waals surface area contributed by atoms with Gasteiger partial charge in [-0.25, -0.2) is 4.90 Å². The molecule has 1 aliphatic heterocycles. The molecule has 1 heterocycles. The summed E-state index contributed by atoms with van der Waals surface area (Å²) in [6.07, 6.45) is 5.61. The van der Waals surface area contributed by atoms with Gasteiger partial charge >= 0.3 is 0 Å². The van der Waals surface area contributed by atoms with Gasteiger partial charge in [-0.1, -0.05) is 47.5 Å². The minimum atomic E-state index is -0.455. The number of carbonyl (C=O) groups excluding carboxylic acids is 2. The number of halogens is 1. The smallest absolute Gasteiger partial charge is 0.293 e. The van der Waals surface area contributed by atoms with Crippen LogP contribution in [0.3, 0.4) is 0 Å². The van der Waals surface area contributed by atoms with Crippen LogP contribution in [0.1, 0.15) is 5.56 Å². The second-order valence-electron chi connectivity index (χ2n) is 5.37. The van der Waals surface area contributed by atoms with Crippen molar-refractivity contribution in [2.45, 2.75) is 11.7 Å². The maximum Gasteiger partial charge on any atom is 0.293 e. The third-order valence-electron chi connectivity index (χ3n) is 3.65. The summed E-state index contributed by atoms with van der Waals surface area (Å²) in [6, 6.07) is 14.1. The Morgan fingerprint density at radius 3 is 2.64 bits per heavy atom. The Hall–Kier alpha value is -2.42. The summed E-state index contributed by atoms with van der Waals surface area (Å²) in [5.41, 5.74) is 1.44. The Kier molecular flexibility index (Phi) is 5.32. The molecule has 0 unspecified atom stereocenters. The highest BCUT2D eigenvalue weighted by Gasteiger charge is 2.40. The van der Waals surface area contributed by atoms with Crippen LogP contribution in [0.4, 0.5) is 10.5 Å². The zero-order valence-corrected chi connectivity index (χ0v) is 14.7. The van der Waals surface area contributed by atoms with Crippen molar-refractivity contribution < 1.29 is 14.3 Å². The van der Waals surface area contributed by atoms with Crippen LogP contribution < -0.4 is 9.64 Å². The summed E-state index contributed by atoms with van der Waals surface area (Å²) in [5, 5.41) is -0.260. The van der Waals surface area contributed by atoms with Crippen LogP contribution >= 0.6 is 23.4 Å². The molecular weight excluding hydrogens is 358 g/mol. The number of nitrogens with zero attached hydrogens (tertiary/aromatic N) is 1. The van der Waals surface area contributed by atoms with Gasteiger partial charge in [0.25, 0.3) is 5.24 Å². The number of benzene rings is 2. The second-order valence-corrected chi connectivity index (χ2v) is 6.96. The van der Waals surface area contributed by atoms with Crippen LogP contribution in [-0.2, 0) is 11.2 Å². The molecule has 1 saturated heterocycles. The molecule has 0 N–H and O–H groups in total. The number of hydrogen-bond acceptors (Lipinski definition) is 4. The van der Waals surface area contributed by atoms with Crippen LogP contribution in [0.2, 0.25) is 5.02 Å². The number of carbonyl (C=O) groups is 2. The fraction of sp³-hybridized carbons (Fsp3) is 0.158. The number of terminal acetylenes is 1. The van der Waals surface area contributed by atoms with E-state index < -0.39 is 5.25 Å². The van der Waals surface area contributed by atoms with Gasteiger partial charge in [-0.05, 0) is 42.3 Å². The molecule has 1 atom stereocenters. The van der Waals surface area contributed by atoms with E-state index in [4.69, 9.17) is 22.8 Å². The van der Waals surface area contributed by atoms with E-state index in [0.29, 0.717) is 22.9 Å². The zero-order chi connectivity index (χ0) is 17.8. The Bertz CT molecular complexity index is 844. The zero-order valence-electron chi connectivity index (χ0n) is 13.1. The lowest BCUT2D eigenvalue weighted by molar-refractivity contribution is -0.117. The molecule has 4 nitrogen and oxygen atoms in total. The predicted octanol–water partition coefficient (Wildman–Crippen LogP) is 4.16. The Morgan fingerprint density at radius 2 is 1.96 bits per heavy atom. The molecule has 25 heavy (non-hydrogen) atoms. The molecule has 2 amide bonds. The van der Waals surface area contributed by atoms with Crippen LogP contribution in [0.25, 0.3) is 0 Å². The van der Waals surface area contributed by atoms with Gasteiger partial charge in [0.15, 0.2) is 0 Å². The number of anilines is 1. The molecule has 3 rings (SSSR count). The summed E-state index contributed by atoms with van der Waals surface area (Å²) in [7, 11) is 0. The number of rotatable bonds is 5. The van der Waals surface area contributed by atoms with Crippen molar-refractivity contribution in [1.82, 2.24) is 0 Å². The minimum absolute atomic E-state index is 0.208. The van der Waals surface area contributed by atoms with E-state index in [2.05, 4.69) is 5.92 Å². The quantitative estimate of drug-likeness (QED) is 0.740. The predicted molar refractivity (Wildman–Crippen MR) is 100 cm³/mol. The Balaban J connectivity index is 1.71. The molecule has 6 heteroatoms. The van der Waals surface area contributed by atoms with Crippen molar-refractivity contribution in [2.75, 3.05) is 11.5 Å². The molecule has 1 aliphatic rings. The molecule has 0 bridgehead atoms. The van der Waals surface area contributed by atoms with Crippen LogP contribution in [0.5, 0.6) is 5.75 Å². The monoisotopic (exact) mass is 371 g/mol. The maximum atomic E-state index is 12.6. The summed E-state index contributed by atoms with van der Waals surface area (Å²) < 4.78 is 5.32. The first-order valence-electron chi connectivity index (χ1n) is 7.54. The summed E-state index contributed by atoms with van der Waals surface area (Å²) in [4.78, 5) is 26.1. The number of thioether (sulfide) groups is 1. The van der Waals surface area contributed by atoms with E-state index in [1.165, 1.54) is 4.90 Å². The summed E-state index contributed by atoms with van der Waals surface area (Å²) in [5.74, 6) is 2.84. The van der Waals surface area contributed by atoms with Crippen molar-refractivity contribution in [3.63, 3.8) is 0 Å². The average molecular weight is 372 g/mol. The highest BCUT2D eigenvalue weighted by Crippen LogP contribution is 2.34. The van der Waals surface area contributed by atoms with E-state index in [1.54, 1.807) is 36.4 Å². The lowest BCUT2D eigenvalue weighted by atomic mass is 10.1. The van der Waals surface area contributed by atoms with Crippen molar-refractivity contribution in [2.24, 2.45) is 0 Å². The van der Waals surface area contributed by atoms with Gasteiger partial charge in [0, 0.05) is 5.02 Å². The van der Waals surface area contributed by atoms with Crippen LogP contribution in [0.15, 0.2) is 48.5 Å².